The topological polar surface area (TPSA) is 49.4 Å². The number of benzene rings is 1. The minimum Gasteiger partial charge on any atom is -0.273 e. The molecule has 0 radical (unpaired) electrons. The summed E-state index contributed by atoms with van der Waals surface area (Å²) in [7, 11) is 0. The van der Waals surface area contributed by atoms with Crippen molar-refractivity contribution in [2.75, 3.05) is 0 Å². The molecule has 4 nitrogen and oxygen atoms in total. The van der Waals surface area contributed by atoms with Gasteiger partial charge in [0.1, 0.15) is 0 Å². The van der Waals surface area contributed by atoms with Crippen molar-refractivity contribution in [2.24, 2.45) is 0 Å². The molecule has 20 heavy (non-hydrogen) atoms. The Labute approximate surface area is 125 Å². The normalized spacial score (nSPS) is 15.7. The Hall–Kier alpha value is -1.49. The maximum atomic E-state index is 12.0. The molecule has 1 aromatic carbocycles. The maximum absolute atomic E-state index is 12.0. The third kappa shape index (κ3) is 3.76. The van der Waals surface area contributed by atoms with E-state index >= 15 is 0 Å². The van der Waals surface area contributed by atoms with Crippen LogP contribution in [0.2, 0.25) is 0 Å². The second-order valence-corrected chi connectivity index (χ2v) is 5.69. The smallest absolute Gasteiger partial charge is 0.273 e. The number of hydrogen-bond donors (Lipinski definition) is 2. The number of nitrogens with one attached hydrogen (secondary N) is 1. The van der Waals surface area contributed by atoms with E-state index in [0.29, 0.717) is 5.56 Å². The van der Waals surface area contributed by atoms with Crippen LogP contribution in [-0.4, -0.2) is 22.3 Å². The van der Waals surface area contributed by atoms with Gasteiger partial charge < -0.3 is 0 Å². The van der Waals surface area contributed by atoms with Gasteiger partial charge in [0.05, 0.1) is 0 Å². The van der Waals surface area contributed by atoms with E-state index in [1.807, 2.05) is 19.1 Å². The molecule has 0 aliphatic heterocycles. The lowest BCUT2D eigenvalue weighted by molar-refractivity contribution is 0.0956. The molecule has 5 heteroatoms. The molecule has 0 spiro atoms. The number of hydrogen-bond acceptors (Lipinski definition) is 3. The summed E-state index contributed by atoms with van der Waals surface area (Å²) in [5.74, 6) is -0.384. The predicted molar refractivity (Wildman–Crippen MR) is 81.7 cm³/mol. The highest BCUT2D eigenvalue weighted by Gasteiger charge is 2.24. The Balaban J connectivity index is 1.93. The van der Waals surface area contributed by atoms with Gasteiger partial charge >= 0.3 is 6.03 Å². The number of carbonyl (C=O) groups excluding carboxylic acids is 2. The van der Waals surface area contributed by atoms with Crippen molar-refractivity contribution < 1.29 is 9.59 Å². The van der Waals surface area contributed by atoms with Gasteiger partial charge in [-0.3, -0.25) is 14.4 Å². The molecule has 1 N–H and O–H groups in total. The summed E-state index contributed by atoms with van der Waals surface area (Å²) in [6.45, 7) is 1.95. The van der Waals surface area contributed by atoms with Gasteiger partial charge in [0, 0.05) is 11.6 Å². The molecule has 1 aromatic rings. The second kappa shape index (κ2) is 6.79. The van der Waals surface area contributed by atoms with Crippen LogP contribution in [0.5, 0.6) is 0 Å². The van der Waals surface area contributed by atoms with Gasteiger partial charge in [-0.1, -0.05) is 49.8 Å². The molecule has 0 unspecified atom stereocenters. The van der Waals surface area contributed by atoms with E-state index in [4.69, 9.17) is 0 Å². The van der Waals surface area contributed by atoms with Gasteiger partial charge in [-0.2, -0.15) is 0 Å². The number of imide groups is 1. The Morgan fingerprint density at radius 1 is 1.15 bits per heavy atom. The first-order chi connectivity index (χ1) is 9.58. The molecule has 0 bridgehead atoms. The Morgan fingerprint density at radius 3 is 2.35 bits per heavy atom. The molecule has 1 saturated carbocycles. The lowest BCUT2D eigenvalue weighted by atomic mass is 9.96. The lowest BCUT2D eigenvalue weighted by Crippen LogP contribution is -2.43. The van der Waals surface area contributed by atoms with Crippen molar-refractivity contribution in [3.8, 4) is 0 Å². The Bertz CT molecular complexity index is 481. The highest BCUT2D eigenvalue weighted by molar-refractivity contribution is 7.78. The van der Waals surface area contributed by atoms with Crippen LogP contribution in [0.1, 0.15) is 48.0 Å². The number of carbonyl (C=O) groups is 2. The molecule has 3 amide bonds. The van der Waals surface area contributed by atoms with Crippen LogP contribution in [0.15, 0.2) is 24.3 Å². The van der Waals surface area contributed by atoms with Gasteiger partial charge in [0.2, 0.25) is 0 Å². The molecule has 108 valence electrons. The van der Waals surface area contributed by atoms with Gasteiger partial charge in [0.15, 0.2) is 0 Å². The molecule has 2 rings (SSSR count). The van der Waals surface area contributed by atoms with Gasteiger partial charge in [-0.15, -0.1) is 0 Å². The van der Waals surface area contributed by atoms with Crippen LogP contribution in [0.4, 0.5) is 4.79 Å². The fourth-order valence-corrected chi connectivity index (χ4v) is 2.70. The minimum absolute atomic E-state index is 0.123. The molecule has 1 fully saturated rings. The van der Waals surface area contributed by atoms with Crippen LogP contribution < -0.4 is 5.32 Å². The molecule has 0 atom stereocenters. The van der Waals surface area contributed by atoms with E-state index in [9.17, 15) is 9.59 Å². The third-order valence-electron chi connectivity index (χ3n) is 3.66. The van der Waals surface area contributed by atoms with Crippen LogP contribution >= 0.6 is 12.8 Å². The van der Waals surface area contributed by atoms with Crippen molar-refractivity contribution in [3.05, 3.63) is 35.4 Å². The first kappa shape index (κ1) is 14.9. The van der Waals surface area contributed by atoms with E-state index in [2.05, 4.69) is 18.1 Å². The first-order valence-corrected chi connectivity index (χ1v) is 7.38. The number of amides is 3. The molecule has 0 aromatic heterocycles. The number of aryl methyl sites for hydroxylation is 1. The van der Waals surface area contributed by atoms with E-state index in [1.165, 1.54) is 10.7 Å². The van der Waals surface area contributed by atoms with Gasteiger partial charge in [-0.25, -0.2) is 4.79 Å². The summed E-state index contributed by atoms with van der Waals surface area (Å²) in [5.41, 5.74) is 1.56. The van der Waals surface area contributed by atoms with Crippen LogP contribution in [0.3, 0.4) is 0 Å². The second-order valence-electron chi connectivity index (χ2n) is 5.26. The summed E-state index contributed by atoms with van der Waals surface area (Å²) >= 11 is 4.24. The Kier molecular flexibility index (Phi) is 5.06. The average molecular weight is 292 g/mol. The zero-order valence-corrected chi connectivity index (χ0v) is 12.5. The highest BCUT2D eigenvalue weighted by Crippen LogP contribution is 2.23. The summed E-state index contributed by atoms with van der Waals surface area (Å²) in [6.07, 6.45) is 5.34. The van der Waals surface area contributed by atoms with Crippen LogP contribution in [-0.2, 0) is 0 Å². The molecule has 0 heterocycles. The van der Waals surface area contributed by atoms with Crippen molar-refractivity contribution in [1.82, 2.24) is 9.62 Å². The summed E-state index contributed by atoms with van der Waals surface area (Å²) in [4.78, 5) is 24.0. The van der Waals surface area contributed by atoms with Gasteiger partial charge in [0.25, 0.3) is 5.91 Å². The standard InChI is InChI=1S/C15H20N2O2S/c1-11-7-9-12(10-8-11)14(18)16-15(19)17(20)13-5-3-2-4-6-13/h7-10,13,20H,2-6H2,1H3,(H,16,18,19). The van der Waals surface area contributed by atoms with Crippen LogP contribution in [0, 0.1) is 6.92 Å². The zero-order valence-electron chi connectivity index (χ0n) is 11.6. The maximum Gasteiger partial charge on any atom is 0.334 e. The van der Waals surface area contributed by atoms with E-state index in [1.54, 1.807) is 12.1 Å². The monoisotopic (exact) mass is 292 g/mol. The number of urea groups is 1. The molecule has 1 aliphatic carbocycles. The molecular formula is C15H20N2O2S. The summed E-state index contributed by atoms with van der Waals surface area (Å²) in [6, 6.07) is 6.80. The number of nitrogens with zero attached hydrogens (tertiary/aromatic N) is 1. The molecule has 0 saturated heterocycles. The number of thiol groups is 1. The summed E-state index contributed by atoms with van der Waals surface area (Å²) in [5, 5.41) is 2.38. The van der Waals surface area contributed by atoms with E-state index in [-0.39, 0.29) is 11.9 Å². The summed E-state index contributed by atoms with van der Waals surface area (Å²) < 4.78 is 1.37. The van der Waals surface area contributed by atoms with E-state index in [0.717, 1.165) is 31.2 Å². The fraction of sp³-hybridized carbons (Fsp3) is 0.467. The van der Waals surface area contributed by atoms with Crippen molar-refractivity contribution in [3.63, 3.8) is 0 Å². The quantitative estimate of drug-likeness (QED) is 0.822. The third-order valence-corrected chi connectivity index (χ3v) is 4.17. The molecular weight excluding hydrogens is 272 g/mol. The average Bonchev–Trinajstić information content (AvgIpc) is 2.48. The fourth-order valence-electron chi connectivity index (χ4n) is 2.42. The van der Waals surface area contributed by atoms with Crippen molar-refractivity contribution in [2.45, 2.75) is 45.1 Å². The van der Waals surface area contributed by atoms with Crippen LogP contribution in [0.25, 0.3) is 0 Å². The van der Waals surface area contributed by atoms with Crippen molar-refractivity contribution >= 4 is 24.8 Å². The lowest BCUT2D eigenvalue weighted by Gasteiger charge is -2.29. The predicted octanol–water partition coefficient (Wildman–Crippen LogP) is 3.32. The Morgan fingerprint density at radius 2 is 1.75 bits per heavy atom. The minimum atomic E-state index is -0.439. The van der Waals surface area contributed by atoms with E-state index < -0.39 is 6.03 Å². The highest BCUT2D eigenvalue weighted by atomic mass is 32.1. The number of rotatable bonds is 2. The largest absolute Gasteiger partial charge is 0.334 e. The first-order valence-electron chi connectivity index (χ1n) is 6.98. The van der Waals surface area contributed by atoms with Gasteiger partial charge in [-0.05, 0) is 31.9 Å². The SMILES string of the molecule is Cc1ccc(C(=O)NC(=O)N(S)C2CCCCC2)cc1. The molecule has 1 aliphatic rings. The zero-order chi connectivity index (χ0) is 14.5. The van der Waals surface area contributed by atoms with Crippen molar-refractivity contribution in [1.29, 1.82) is 0 Å².